The van der Waals surface area contributed by atoms with Gasteiger partial charge in [-0.05, 0) is 80.5 Å². The molecule has 0 spiro atoms. The van der Waals surface area contributed by atoms with Gasteiger partial charge in [0, 0.05) is 60.6 Å². The Kier molecular flexibility index (Phi) is 18.7. The predicted molar refractivity (Wildman–Crippen MR) is 273 cm³/mol. The monoisotopic (exact) mass is 1130 g/mol. The summed E-state index contributed by atoms with van der Waals surface area (Å²) < 4.78 is 60.0. The van der Waals surface area contributed by atoms with Crippen LogP contribution in [0.2, 0.25) is 0 Å². The highest BCUT2D eigenvalue weighted by Gasteiger charge is 2.42. The molecule has 1 saturated heterocycles. The molecule has 0 bridgehead atoms. The number of aromatic hydroxyl groups is 1. The summed E-state index contributed by atoms with van der Waals surface area (Å²) in [6.45, 7) is 0.0311. The summed E-state index contributed by atoms with van der Waals surface area (Å²) in [5.41, 5.74) is 6.82. The van der Waals surface area contributed by atoms with Gasteiger partial charge in [0.1, 0.15) is 29.9 Å². The van der Waals surface area contributed by atoms with E-state index in [0.29, 0.717) is 73.7 Å². The van der Waals surface area contributed by atoms with Crippen LogP contribution in [0.5, 0.6) is 5.75 Å². The molecule has 4 heterocycles. The molecule has 2 amide bonds. The lowest BCUT2D eigenvalue weighted by atomic mass is 9.90. The van der Waals surface area contributed by atoms with Crippen LogP contribution in [-0.4, -0.2) is 105 Å². The highest BCUT2D eigenvalue weighted by Crippen LogP contribution is 2.66. The molecule has 0 radical (unpaired) electrons. The van der Waals surface area contributed by atoms with Crippen molar-refractivity contribution in [2.45, 2.75) is 76.5 Å². The van der Waals surface area contributed by atoms with Gasteiger partial charge in [-0.2, -0.15) is 13.6 Å². The Labute approximate surface area is 435 Å². The number of nitrogens with zero attached hydrogens (tertiary/aromatic N) is 2. The van der Waals surface area contributed by atoms with Crippen molar-refractivity contribution in [1.29, 1.82) is 0 Å². The van der Waals surface area contributed by atoms with E-state index in [4.69, 9.17) is 24.7 Å². The molecule has 4 aromatic rings. The Hall–Kier alpha value is -7.04. The summed E-state index contributed by atoms with van der Waals surface area (Å²) >= 11 is 0. The number of carbonyl (C=O) groups excluding carboxylic acids is 2. The van der Waals surface area contributed by atoms with E-state index in [1.165, 1.54) is 41.1 Å². The number of aliphatic hydroxyl groups excluding tert-OH is 1. The number of phosphoric ester groups is 1. The lowest BCUT2D eigenvalue weighted by molar-refractivity contribution is -0.466. The van der Waals surface area contributed by atoms with E-state index < -0.39 is 53.9 Å². The van der Waals surface area contributed by atoms with Gasteiger partial charge in [-0.15, -0.1) is 0 Å². The minimum atomic E-state index is -5.71. The summed E-state index contributed by atoms with van der Waals surface area (Å²) in [5, 5.41) is 37.3. The number of fused-ring (bicyclic) bond motifs is 3. The maximum atomic E-state index is 12.9. The zero-order valence-corrected chi connectivity index (χ0v) is 43.3. The fraction of sp³-hybridized carbons (Fsp3) is 0.340. The number of carboxylic acids is 1. The van der Waals surface area contributed by atoms with Crippen molar-refractivity contribution in [2.24, 2.45) is 0 Å². The van der Waals surface area contributed by atoms with E-state index in [9.17, 15) is 62.8 Å². The van der Waals surface area contributed by atoms with Crippen molar-refractivity contribution >= 4 is 75.1 Å². The van der Waals surface area contributed by atoms with Crippen LogP contribution in [0.1, 0.15) is 91.9 Å². The molecule has 2 aromatic carbocycles. The number of nitrogens with two attached hydrogens (primary N) is 1. The van der Waals surface area contributed by atoms with Crippen molar-refractivity contribution in [3.8, 4) is 40.0 Å². The highest BCUT2D eigenvalue weighted by atomic mass is 31.3. The fourth-order valence-electron chi connectivity index (χ4n) is 8.39. The molecule has 410 valence electrons. The van der Waals surface area contributed by atoms with Crippen LogP contribution in [0.25, 0.3) is 44.5 Å². The fourth-order valence-corrected chi connectivity index (χ4v) is 11.4. The Morgan fingerprint density at radius 3 is 2.34 bits per heavy atom. The van der Waals surface area contributed by atoms with Crippen LogP contribution in [-0.2, 0) is 41.2 Å². The Bertz CT molecular complexity index is 3540. The number of rotatable bonds is 24. The number of carbonyl (C=O) groups is 3. The normalized spacial score (nSPS) is 16.4. The number of aromatic nitrogens is 3. The molecule has 0 saturated carbocycles. The van der Waals surface area contributed by atoms with Crippen molar-refractivity contribution < 1.29 is 90.3 Å². The number of unbranched alkanes of at least 4 members (excludes halogenated alkanes) is 4. The second kappa shape index (κ2) is 25.0. The zero-order chi connectivity index (χ0) is 55.7. The van der Waals surface area contributed by atoms with Crippen LogP contribution >= 0.6 is 23.5 Å². The molecule has 2 aromatic heterocycles. The predicted octanol–water partition coefficient (Wildman–Crippen LogP) is 3.40. The van der Waals surface area contributed by atoms with Gasteiger partial charge in [0.2, 0.25) is 17.8 Å². The molecule has 7 rings (SSSR count). The second-order valence-corrected chi connectivity index (χ2v) is 21.9. The number of anilines is 1. The van der Waals surface area contributed by atoms with E-state index in [0.717, 1.165) is 0 Å². The smallest absolute Gasteiger partial charge is 0.490 e. The van der Waals surface area contributed by atoms with Crippen LogP contribution in [0.3, 0.4) is 0 Å². The standard InChI is InChI=1S/C47H52N7O20P3/c48-47-52-43-41(45(60)53-47)28(25-54(43)40-18-14-31(71-40)26-70-76(66,67)74-77(68,69)73-75(63,64)65)8-7-21-50-39(58)10-3-1-5-19-49-38(57)9-4-2-6-20-51-44(59)27-11-15-32(35(22-27)46(61)62)42-33-16-12-29(55)23-36(33)72-37-24-30(56)13-17-34(37)42/h11-13,15-17,22-25,31,40,55H,1-6,9-10,14,18-21,26H2,(H,49,57)(H,50,58)(H,51,59)(H,61,62)(H,66,67)(H,68,69)(H2,63,64,65)(H3,48,52,53,60)/p+1. The Morgan fingerprint density at radius 2 is 1.60 bits per heavy atom. The SMILES string of the molecule is Nc1nc2c(c(C#CCNC(=O)CCCCCNC(=O)CCCCC[NH+]=C(O)c3ccc(-c4c5ccc(=O)cc-5oc5cc(O)ccc45)c(C(=O)O)c3)cn2C2CCC(COP(=O)(O)OP(=O)(O)OP(=O)(O)O)O2)c(=O)[nH]1. The number of benzene rings is 3. The summed E-state index contributed by atoms with van der Waals surface area (Å²) in [6, 6.07) is 13.1. The van der Waals surface area contributed by atoms with Gasteiger partial charge in [-0.3, -0.25) is 28.7 Å². The number of nitrogens with one attached hydrogen (secondary N) is 4. The first-order chi connectivity index (χ1) is 36.5. The van der Waals surface area contributed by atoms with E-state index in [1.54, 1.807) is 24.3 Å². The minimum Gasteiger partial charge on any atom is -0.508 e. The molecule has 27 nitrogen and oxygen atoms in total. The van der Waals surface area contributed by atoms with Gasteiger partial charge >= 0.3 is 35.3 Å². The van der Waals surface area contributed by atoms with Crippen molar-refractivity contribution in [2.75, 3.05) is 32.0 Å². The number of hydrogen-bond acceptors (Lipinski definition) is 16. The number of amides is 2. The lowest BCUT2D eigenvalue weighted by Gasteiger charge is -2.19. The molecule has 3 aliphatic rings. The highest BCUT2D eigenvalue weighted by molar-refractivity contribution is 7.66. The number of nitrogen functional groups attached to an aromatic ring is 1. The maximum absolute atomic E-state index is 12.9. The van der Waals surface area contributed by atoms with Crippen LogP contribution in [0, 0.1) is 11.8 Å². The van der Waals surface area contributed by atoms with Gasteiger partial charge in [-0.1, -0.05) is 24.3 Å². The number of H-pyrrole nitrogens is 1. The quantitative estimate of drug-likeness (QED) is 0.0103. The molecular formula is C47H53N7O20P3+. The third-order valence-corrected chi connectivity index (χ3v) is 15.6. The van der Waals surface area contributed by atoms with Gasteiger partial charge in [-0.25, -0.2) is 23.5 Å². The molecule has 1 fully saturated rings. The Morgan fingerprint density at radius 1 is 0.870 bits per heavy atom. The van der Waals surface area contributed by atoms with E-state index >= 15 is 0 Å². The zero-order valence-electron chi connectivity index (χ0n) is 40.6. The van der Waals surface area contributed by atoms with E-state index in [1.807, 2.05) is 0 Å². The number of phenols is 1. The summed E-state index contributed by atoms with van der Waals surface area (Å²) in [6.07, 6.45) is 4.37. The first kappa shape index (κ1) is 57.7. The third kappa shape index (κ3) is 15.8. The first-order valence-electron chi connectivity index (χ1n) is 23.7. The summed E-state index contributed by atoms with van der Waals surface area (Å²) in [7, 11) is -16.7. The summed E-state index contributed by atoms with van der Waals surface area (Å²) in [4.78, 5) is 109. The van der Waals surface area contributed by atoms with Crippen LogP contribution in [0.4, 0.5) is 5.95 Å². The number of aliphatic hydroxyl groups is 1. The number of aromatic carboxylic acids is 1. The topological polar surface area (TPSA) is 426 Å². The lowest BCUT2D eigenvalue weighted by Crippen LogP contribution is -2.73. The number of ether oxygens (including phenoxy) is 1. The largest absolute Gasteiger partial charge is 0.508 e. The maximum Gasteiger partial charge on any atom is 0.490 e. The van der Waals surface area contributed by atoms with Gasteiger partial charge < -0.3 is 65.0 Å². The van der Waals surface area contributed by atoms with Crippen LogP contribution < -0.4 is 32.3 Å². The number of phenolic OH excluding ortho intramolecular Hbond substituents is 1. The number of hydrogen-bond donors (Lipinski definition) is 12. The van der Waals surface area contributed by atoms with Gasteiger partial charge in [0.15, 0.2) is 11.1 Å². The molecule has 30 heteroatoms. The third-order valence-electron chi connectivity index (χ3n) is 11.8. The second-order valence-electron chi connectivity index (χ2n) is 17.5. The Balaban J connectivity index is 0.793. The number of phosphoric acid groups is 3. The van der Waals surface area contributed by atoms with Crippen molar-refractivity contribution in [1.82, 2.24) is 25.2 Å². The average molecular weight is 1130 g/mol. The minimum absolute atomic E-state index is 0.0621. The van der Waals surface area contributed by atoms with Gasteiger partial charge in [0.05, 0.1) is 41.3 Å². The average Bonchev–Trinajstić information content (AvgIpc) is 4.01. The molecule has 13 N–H and O–H groups in total. The molecule has 4 atom stereocenters. The van der Waals surface area contributed by atoms with Crippen LogP contribution in [0.15, 0.2) is 74.8 Å². The van der Waals surface area contributed by atoms with E-state index in [-0.39, 0.29) is 106 Å². The van der Waals surface area contributed by atoms with Crippen molar-refractivity contribution in [3.05, 3.63) is 98.1 Å². The van der Waals surface area contributed by atoms with Gasteiger partial charge in [0.25, 0.3) is 5.56 Å². The molecular weight excluding hydrogens is 1080 g/mol. The van der Waals surface area contributed by atoms with E-state index in [2.05, 4.69) is 50.6 Å². The number of aromatic amines is 1. The van der Waals surface area contributed by atoms with Crippen molar-refractivity contribution in [3.63, 3.8) is 0 Å². The molecule has 2 aliphatic heterocycles. The summed E-state index contributed by atoms with van der Waals surface area (Å²) in [5.74, 6) is 3.68. The molecule has 1 aliphatic carbocycles. The molecule has 4 unspecified atom stereocenters. The molecule has 77 heavy (non-hydrogen) atoms. The number of carboxylic acid groups (broad SMARTS) is 1. The first-order valence-corrected chi connectivity index (χ1v) is 28.2.